The lowest BCUT2D eigenvalue weighted by atomic mass is 10.1. The van der Waals surface area contributed by atoms with Crippen LogP contribution < -0.4 is 10.1 Å². The molecule has 0 saturated carbocycles. The zero-order valence-electron chi connectivity index (χ0n) is 11.9. The highest BCUT2D eigenvalue weighted by molar-refractivity contribution is 6.30. The normalized spacial score (nSPS) is 12.6. The number of nitrogens with one attached hydrogen (secondary N) is 1. The molecule has 0 radical (unpaired) electrons. The van der Waals surface area contributed by atoms with E-state index in [1.54, 1.807) is 13.2 Å². The topological polar surface area (TPSA) is 57.9 Å². The number of hydrogen-bond donors (Lipinski definition) is 1. The van der Waals surface area contributed by atoms with E-state index in [0.717, 1.165) is 36.6 Å². The van der Waals surface area contributed by atoms with Gasteiger partial charge in [0.05, 0.1) is 12.7 Å². The molecular formula is C16H13ClFN3O. The van der Waals surface area contributed by atoms with Crippen molar-refractivity contribution in [3.8, 4) is 11.8 Å². The number of benzene rings is 1. The summed E-state index contributed by atoms with van der Waals surface area (Å²) in [5.74, 6) is 0.102. The molecule has 112 valence electrons. The number of hydrogen-bond acceptors (Lipinski definition) is 4. The standard InChI is InChI=1S/C16H13ClFN3O/c1-22-11-5-9-3-2-4-12(9)14(7-11)20-16-13(18)6-10(8-19)15(17)21-16/h5-7H,2-4H2,1H3,(H,20,21). The van der Waals surface area contributed by atoms with Crippen LogP contribution in [0.4, 0.5) is 15.9 Å². The van der Waals surface area contributed by atoms with Gasteiger partial charge in [0.1, 0.15) is 17.0 Å². The first-order valence-electron chi connectivity index (χ1n) is 6.85. The molecule has 0 spiro atoms. The summed E-state index contributed by atoms with van der Waals surface area (Å²) in [5.41, 5.74) is 3.11. The van der Waals surface area contributed by atoms with Crippen LogP contribution in [-0.4, -0.2) is 12.1 Å². The van der Waals surface area contributed by atoms with Crippen molar-refractivity contribution in [1.82, 2.24) is 4.98 Å². The molecule has 1 aliphatic carbocycles. The van der Waals surface area contributed by atoms with E-state index in [1.165, 1.54) is 5.56 Å². The predicted molar refractivity (Wildman–Crippen MR) is 82.2 cm³/mol. The van der Waals surface area contributed by atoms with Crippen molar-refractivity contribution in [2.45, 2.75) is 19.3 Å². The summed E-state index contributed by atoms with van der Waals surface area (Å²) < 4.78 is 19.4. The molecule has 6 heteroatoms. The second-order valence-electron chi connectivity index (χ2n) is 5.06. The van der Waals surface area contributed by atoms with Gasteiger partial charge < -0.3 is 10.1 Å². The molecule has 0 saturated heterocycles. The fraction of sp³-hybridized carbons (Fsp3) is 0.250. The maximum Gasteiger partial charge on any atom is 0.168 e. The Bertz CT molecular complexity index is 786. The summed E-state index contributed by atoms with van der Waals surface area (Å²) >= 11 is 5.88. The molecule has 1 aromatic carbocycles. The highest BCUT2D eigenvalue weighted by Gasteiger charge is 2.19. The van der Waals surface area contributed by atoms with E-state index >= 15 is 0 Å². The van der Waals surface area contributed by atoms with Crippen LogP contribution in [0.2, 0.25) is 5.15 Å². The van der Waals surface area contributed by atoms with Crippen LogP contribution in [0.15, 0.2) is 18.2 Å². The molecule has 1 N–H and O–H groups in total. The number of rotatable bonds is 3. The van der Waals surface area contributed by atoms with Crippen molar-refractivity contribution in [1.29, 1.82) is 5.26 Å². The van der Waals surface area contributed by atoms with Gasteiger partial charge in [0, 0.05) is 11.8 Å². The van der Waals surface area contributed by atoms with Crippen LogP contribution in [0.3, 0.4) is 0 Å². The monoisotopic (exact) mass is 317 g/mol. The number of pyridine rings is 1. The predicted octanol–water partition coefficient (Wildman–Crippen LogP) is 3.99. The number of nitrogens with zero attached hydrogens (tertiary/aromatic N) is 2. The summed E-state index contributed by atoms with van der Waals surface area (Å²) in [7, 11) is 1.60. The molecule has 3 rings (SSSR count). The lowest BCUT2D eigenvalue weighted by molar-refractivity contribution is 0.414. The average Bonchev–Trinajstić information content (AvgIpc) is 2.99. The zero-order valence-corrected chi connectivity index (χ0v) is 12.7. The largest absolute Gasteiger partial charge is 0.497 e. The van der Waals surface area contributed by atoms with E-state index in [-0.39, 0.29) is 16.5 Å². The molecule has 0 bridgehead atoms. The third kappa shape index (κ3) is 2.58. The minimum Gasteiger partial charge on any atom is -0.497 e. The maximum atomic E-state index is 14.1. The van der Waals surface area contributed by atoms with Gasteiger partial charge in [0.25, 0.3) is 0 Å². The highest BCUT2D eigenvalue weighted by atomic mass is 35.5. The maximum absolute atomic E-state index is 14.1. The van der Waals surface area contributed by atoms with E-state index < -0.39 is 5.82 Å². The van der Waals surface area contributed by atoms with E-state index in [2.05, 4.69) is 10.3 Å². The first kappa shape index (κ1) is 14.6. The molecule has 1 heterocycles. The Balaban J connectivity index is 2.02. The summed E-state index contributed by atoms with van der Waals surface area (Å²) in [4.78, 5) is 3.94. The van der Waals surface area contributed by atoms with Gasteiger partial charge >= 0.3 is 0 Å². The second kappa shape index (κ2) is 5.82. The Labute approximate surface area is 132 Å². The third-order valence-corrected chi connectivity index (χ3v) is 4.02. The summed E-state index contributed by atoms with van der Waals surface area (Å²) in [6.45, 7) is 0. The van der Waals surface area contributed by atoms with Gasteiger partial charge in [-0.3, -0.25) is 0 Å². The van der Waals surface area contributed by atoms with Gasteiger partial charge in [-0.25, -0.2) is 9.37 Å². The first-order valence-corrected chi connectivity index (χ1v) is 7.23. The Morgan fingerprint density at radius 2 is 2.18 bits per heavy atom. The molecule has 2 aromatic rings. The molecule has 0 amide bonds. The second-order valence-corrected chi connectivity index (χ2v) is 5.42. The Kier molecular flexibility index (Phi) is 3.86. The van der Waals surface area contributed by atoms with Crippen LogP contribution >= 0.6 is 11.6 Å². The number of anilines is 2. The van der Waals surface area contributed by atoms with Gasteiger partial charge in [-0.2, -0.15) is 5.26 Å². The van der Waals surface area contributed by atoms with Crippen LogP contribution in [0.5, 0.6) is 5.75 Å². The summed E-state index contributed by atoms with van der Waals surface area (Å²) in [6, 6.07) is 6.71. The van der Waals surface area contributed by atoms with E-state index in [1.807, 2.05) is 12.1 Å². The fourth-order valence-corrected chi connectivity index (χ4v) is 2.85. The Hall–Kier alpha value is -2.32. The molecular weight excluding hydrogens is 305 g/mol. The van der Waals surface area contributed by atoms with E-state index in [4.69, 9.17) is 21.6 Å². The average molecular weight is 318 g/mol. The highest BCUT2D eigenvalue weighted by Crippen LogP contribution is 2.35. The van der Waals surface area contributed by atoms with Crippen molar-refractivity contribution < 1.29 is 9.13 Å². The van der Waals surface area contributed by atoms with Crippen molar-refractivity contribution in [2.75, 3.05) is 12.4 Å². The van der Waals surface area contributed by atoms with E-state index in [9.17, 15) is 4.39 Å². The fourth-order valence-electron chi connectivity index (χ4n) is 2.67. The molecule has 0 fully saturated rings. The molecule has 22 heavy (non-hydrogen) atoms. The molecule has 0 atom stereocenters. The van der Waals surface area contributed by atoms with Gasteiger partial charge in [0.2, 0.25) is 0 Å². The van der Waals surface area contributed by atoms with Crippen LogP contribution in [0, 0.1) is 17.1 Å². The number of nitriles is 1. The Morgan fingerprint density at radius 3 is 2.91 bits per heavy atom. The van der Waals surface area contributed by atoms with Gasteiger partial charge in [0.15, 0.2) is 11.6 Å². The summed E-state index contributed by atoms with van der Waals surface area (Å²) in [5, 5.41) is 11.8. The number of fused-ring (bicyclic) bond motifs is 1. The molecule has 1 aromatic heterocycles. The minimum absolute atomic E-state index is 0.00588. The lowest BCUT2D eigenvalue weighted by Crippen LogP contribution is -2.02. The smallest absolute Gasteiger partial charge is 0.168 e. The van der Waals surface area contributed by atoms with Crippen molar-refractivity contribution in [3.05, 3.63) is 45.9 Å². The first-order chi connectivity index (χ1) is 10.6. The van der Waals surface area contributed by atoms with Gasteiger partial charge in [-0.05, 0) is 42.5 Å². The summed E-state index contributed by atoms with van der Waals surface area (Å²) in [6.07, 6.45) is 2.96. The minimum atomic E-state index is -0.615. The quantitative estimate of drug-likeness (QED) is 0.870. The lowest BCUT2D eigenvalue weighted by Gasteiger charge is -2.14. The number of ether oxygens (including phenoxy) is 1. The number of halogens is 2. The molecule has 1 aliphatic rings. The van der Waals surface area contributed by atoms with Gasteiger partial charge in [-0.1, -0.05) is 11.6 Å². The molecule has 4 nitrogen and oxygen atoms in total. The van der Waals surface area contributed by atoms with Crippen LogP contribution in [-0.2, 0) is 12.8 Å². The Morgan fingerprint density at radius 1 is 1.36 bits per heavy atom. The molecule has 0 aliphatic heterocycles. The van der Waals surface area contributed by atoms with Crippen molar-refractivity contribution >= 4 is 23.1 Å². The van der Waals surface area contributed by atoms with Gasteiger partial charge in [-0.15, -0.1) is 0 Å². The number of aryl methyl sites for hydroxylation is 1. The van der Waals surface area contributed by atoms with Crippen molar-refractivity contribution in [3.63, 3.8) is 0 Å². The zero-order chi connectivity index (χ0) is 15.7. The number of aromatic nitrogens is 1. The third-order valence-electron chi connectivity index (χ3n) is 3.73. The van der Waals surface area contributed by atoms with E-state index in [0.29, 0.717) is 5.75 Å². The number of methoxy groups -OCH3 is 1. The van der Waals surface area contributed by atoms with Crippen LogP contribution in [0.25, 0.3) is 0 Å². The van der Waals surface area contributed by atoms with Crippen molar-refractivity contribution in [2.24, 2.45) is 0 Å². The SMILES string of the molecule is COc1cc2c(c(Nc3nc(Cl)c(C#N)cc3F)c1)CCC2. The molecule has 0 unspecified atom stereocenters. The van der Waals surface area contributed by atoms with Crippen LogP contribution in [0.1, 0.15) is 23.1 Å².